The van der Waals surface area contributed by atoms with E-state index in [0.29, 0.717) is 18.9 Å². The molecule has 2 N–H and O–H groups in total. The summed E-state index contributed by atoms with van der Waals surface area (Å²) in [4.78, 5) is 11.6. The molecule has 0 aromatic heterocycles. The average Bonchev–Trinajstić information content (AvgIpc) is 2.35. The van der Waals surface area contributed by atoms with Crippen molar-refractivity contribution in [1.29, 1.82) is 0 Å². The van der Waals surface area contributed by atoms with Gasteiger partial charge in [0, 0.05) is 6.54 Å². The fourth-order valence-electron chi connectivity index (χ4n) is 1.48. The van der Waals surface area contributed by atoms with Crippen LogP contribution in [0.5, 0.6) is 5.75 Å². The zero-order valence-corrected chi connectivity index (χ0v) is 11.8. The molecular weight excluding hydrogens is 242 g/mol. The van der Waals surface area contributed by atoms with Crippen LogP contribution < -0.4 is 10.1 Å². The second-order valence-electron chi connectivity index (χ2n) is 5.18. The molecule has 1 amide bonds. The van der Waals surface area contributed by atoms with E-state index in [-0.39, 0.29) is 12.5 Å². The molecule has 0 saturated carbocycles. The topological polar surface area (TPSA) is 58.6 Å². The van der Waals surface area contributed by atoms with Crippen molar-refractivity contribution < 1.29 is 14.6 Å². The van der Waals surface area contributed by atoms with E-state index in [4.69, 9.17) is 9.84 Å². The van der Waals surface area contributed by atoms with Gasteiger partial charge in [-0.25, -0.2) is 0 Å². The molecule has 1 unspecified atom stereocenters. The lowest BCUT2D eigenvalue weighted by Crippen LogP contribution is -2.31. The van der Waals surface area contributed by atoms with Crippen molar-refractivity contribution in [1.82, 2.24) is 5.32 Å². The van der Waals surface area contributed by atoms with Crippen molar-refractivity contribution in [2.75, 3.05) is 13.2 Å². The van der Waals surface area contributed by atoms with Gasteiger partial charge in [-0.2, -0.15) is 0 Å². The van der Waals surface area contributed by atoms with Gasteiger partial charge in [0.2, 0.25) is 5.91 Å². The molecular formula is C15H23NO3. The lowest BCUT2D eigenvalue weighted by Gasteiger charge is -2.10. The van der Waals surface area contributed by atoms with Crippen LogP contribution in [-0.4, -0.2) is 30.3 Å². The number of aliphatic hydroxyl groups excluding tert-OH is 1. The molecule has 0 heterocycles. The maximum absolute atomic E-state index is 11.6. The SMILES string of the molecule is CC(C)COc1ccc(CC(=O)NCC(C)O)cc1. The number of hydrogen-bond donors (Lipinski definition) is 2. The Labute approximate surface area is 114 Å². The number of nitrogens with one attached hydrogen (secondary N) is 1. The molecule has 106 valence electrons. The molecule has 0 aliphatic rings. The predicted octanol–water partition coefficient (Wildman–Crippen LogP) is 1.76. The van der Waals surface area contributed by atoms with Crippen molar-refractivity contribution in [2.45, 2.75) is 33.3 Å². The van der Waals surface area contributed by atoms with Gasteiger partial charge >= 0.3 is 0 Å². The molecule has 4 heteroatoms. The van der Waals surface area contributed by atoms with Gasteiger partial charge in [0.1, 0.15) is 5.75 Å². The number of hydrogen-bond acceptors (Lipinski definition) is 3. The summed E-state index contributed by atoms with van der Waals surface area (Å²) in [5, 5.41) is 11.7. The average molecular weight is 265 g/mol. The molecule has 1 atom stereocenters. The van der Waals surface area contributed by atoms with E-state index in [2.05, 4.69) is 19.2 Å². The maximum atomic E-state index is 11.6. The summed E-state index contributed by atoms with van der Waals surface area (Å²) < 4.78 is 5.57. The van der Waals surface area contributed by atoms with E-state index in [0.717, 1.165) is 11.3 Å². The molecule has 0 aliphatic carbocycles. The summed E-state index contributed by atoms with van der Waals surface area (Å²) in [6.07, 6.45) is -0.201. The van der Waals surface area contributed by atoms with Gasteiger partial charge in [-0.3, -0.25) is 4.79 Å². The highest BCUT2D eigenvalue weighted by molar-refractivity contribution is 5.78. The van der Waals surface area contributed by atoms with Gasteiger partial charge in [0.15, 0.2) is 0 Å². The zero-order chi connectivity index (χ0) is 14.3. The summed E-state index contributed by atoms with van der Waals surface area (Å²) >= 11 is 0. The fourth-order valence-corrected chi connectivity index (χ4v) is 1.48. The minimum absolute atomic E-state index is 0.0863. The van der Waals surface area contributed by atoms with Crippen LogP contribution in [0.2, 0.25) is 0 Å². The van der Waals surface area contributed by atoms with Crippen LogP contribution in [0.25, 0.3) is 0 Å². The molecule has 1 rings (SSSR count). The number of benzene rings is 1. The minimum atomic E-state index is -0.518. The second-order valence-corrected chi connectivity index (χ2v) is 5.18. The quantitative estimate of drug-likeness (QED) is 0.790. The summed E-state index contributed by atoms with van der Waals surface area (Å²) in [5.41, 5.74) is 0.931. The third kappa shape index (κ3) is 6.82. The fraction of sp³-hybridized carbons (Fsp3) is 0.533. The molecule has 0 aliphatic heterocycles. The van der Waals surface area contributed by atoms with Crippen LogP contribution in [0.4, 0.5) is 0 Å². The van der Waals surface area contributed by atoms with Gasteiger partial charge in [-0.15, -0.1) is 0 Å². The first-order valence-electron chi connectivity index (χ1n) is 6.64. The number of carbonyl (C=O) groups is 1. The van der Waals surface area contributed by atoms with Crippen LogP contribution in [0.15, 0.2) is 24.3 Å². The molecule has 1 aromatic rings. The number of ether oxygens (including phenoxy) is 1. The minimum Gasteiger partial charge on any atom is -0.493 e. The van der Waals surface area contributed by atoms with Gasteiger partial charge in [0.25, 0.3) is 0 Å². The molecule has 19 heavy (non-hydrogen) atoms. The van der Waals surface area contributed by atoms with Crippen molar-refractivity contribution in [3.63, 3.8) is 0 Å². The van der Waals surface area contributed by atoms with Crippen LogP contribution >= 0.6 is 0 Å². The number of amides is 1. The Morgan fingerprint density at radius 2 is 1.89 bits per heavy atom. The van der Waals surface area contributed by atoms with Gasteiger partial charge in [0.05, 0.1) is 19.1 Å². The number of aliphatic hydroxyl groups is 1. The molecule has 0 saturated heterocycles. The molecule has 0 radical (unpaired) electrons. The molecule has 0 bridgehead atoms. The first-order valence-corrected chi connectivity index (χ1v) is 6.64. The Bertz CT molecular complexity index is 385. The first-order chi connectivity index (χ1) is 8.97. The molecule has 1 aromatic carbocycles. The smallest absolute Gasteiger partial charge is 0.224 e. The van der Waals surface area contributed by atoms with Crippen molar-refractivity contribution in [2.24, 2.45) is 5.92 Å². The Hall–Kier alpha value is -1.55. The van der Waals surface area contributed by atoms with Crippen molar-refractivity contribution in [3.8, 4) is 5.75 Å². The van der Waals surface area contributed by atoms with Crippen LogP contribution in [0, 0.1) is 5.92 Å². The van der Waals surface area contributed by atoms with E-state index < -0.39 is 6.10 Å². The molecule has 4 nitrogen and oxygen atoms in total. The highest BCUT2D eigenvalue weighted by Crippen LogP contribution is 2.13. The van der Waals surface area contributed by atoms with Gasteiger partial charge in [-0.1, -0.05) is 26.0 Å². The largest absolute Gasteiger partial charge is 0.493 e. The highest BCUT2D eigenvalue weighted by atomic mass is 16.5. The Morgan fingerprint density at radius 1 is 1.26 bits per heavy atom. The van der Waals surface area contributed by atoms with Crippen molar-refractivity contribution >= 4 is 5.91 Å². The zero-order valence-electron chi connectivity index (χ0n) is 11.8. The number of rotatable bonds is 7. The third-order valence-corrected chi connectivity index (χ3v) is 2.47. The summed E-state index contributed by atoms with van der Waals surface area (Å²) in [5.74, 6) is 1.23. The predicted molar refractivity (Wildman–Crippen MR) is 75.2 cm³/mol. The lowest BCUT2D eigenvalue weighted by atomic mass is 10.1. The Kier molecular flexibility index (Phi) is 6.36. The standard InChI is InChI=1S/C15H23NO3/c1-11(2)10-19-14-6-4-13(5-7-14)8-15(18)16-9-12(3)17/h4-7,11-12,17H,8-10H2,1-3H3,(H,16,18). The Balaban J connectivity index is 2.41. The van der Waals surface area contributed by atoms with E-state index in [9.17, 15) is 4.79 Å². The third-order valence-electron chi connectivity index (χ3n) is 2.47. The van der Waals surface area contributed by atoms with E-state index in [1.54, 1.807) is 6.92 Å². The molecule has 0 fully saturated rings. The van der Waals surface area contributed by atoms with Crippen LogP contribution in [-0.2, 0) is 11.2 Å². The van der Waals surface area contributed by atoms with Crippen LogP contribution in [0.3, 0.4) is 0 Å². The van der Waals surface area contributed by atoms with Gasteiger partial charge in [-0.05, 0) is 30.5 Å². The molecule has 0 spiro atoms. The lowest BCUT2D eigenvalue weighted by molar-refractivity contribution is -0.120. The summed E-state index contributed by atoms with van der Waals surface area (Å²) in [6.45, 7) is 6.81. The van der Waals surface area contributed by atoms with Crippen molar-refractivity contribution in [3.05, 3.63) is 29.8 Å². The van der Waals surface area contributed by atoms with Gasteiger partial charge < -0.3 is 15.2 Å². The highest BCUT2D eigenvalue weighted by Gasteiger charge is 2.05. The Morgan fingerprint density at radius 3 is 2.42 bits per heavy atom. The van der Waals surface area contributed by atoms with E-state index in [1.807, 2.05) is 24.3 Å². The first kappa shape index (κ1) is 15.5. The van der Waals surface area contributed by atoms with E-state index >= 15 is 0 Å². The van der Waals surface area contributed by atoms with Crippen LogP contribution in [0.1, 0.15) is 26.3 Å². The number of carbonyl (C=O) groups excluding carboxylic acids is 1. The maximum Gasteiger partial charge on any atom is 0.224 e. The second kappa shape index (κ2) is 7.79. The monoisotopic (exact) mass is 265 g/mol. The summed E-state index contributed by atoms with van der Waals surface area (Å²) in [6, 6.07) is 7.52. The normalized spacial score (nSPS) is 12.3. The summed E-state index contributed by atoms with van der Waals surface area (Å²) in [7, 11) is 0. The van der Waals surface area contributed by atoms with E-state index in [1.165, 1.54) is 0 Å².